The Morgan fingerprint density at radius 2 is 2.24 bits per heavy atom. The Morgan fingerprint density at radius 1 is 1.47 bits per heavy atom. The molecular formula is C11H15NO4S. The van der Waals surface area contributed by atoms with Crippen LogP contribution in [0.2, 0.25) is 0 Å². The number of methoxy groups -OCH3 is 1. The van der Waals surface area contributed by atoms with E-state index < -0.39 is 15.1 Å². The molecule has 1 heterocycles. The Morgan fingerprint density at radius 3 is 2.82 bits per heavy atom. The third-order valence-electron chi connectivity index (χ3n) is 2.82. The van der Waals surface area contributed by atoms with E-state index >= 15 is 0 Å². The van der Waals surface area contributed by atoms with Crippen molar-refractivity contribution in [2.24, 2.45) is 0 Å². The van der Waals surface area contributed by atoms with Gasteiger partial charge in [0.25, 0.3) is 0 Å². The molecule has 0 bridgehead atoms. The van der Waals surface area contributed by atoms with Gasteiger partial charge in [-0.3, -0.25) is 0 Å². The standard InChI is InChI=1S/C11H15NO4S/c1-15-10-6-8(12)2-3-11(10)17(13,14)9-4-5-16-7-9/h2-3,6,9H,4-5,7,12H2,1H3. The van der Waals surface area contributed by atoms with Gasteiger partial charge >= 0.3 is 0 Å². The van der Waals surface area contributed by atoms with E-state index in [4.69, 9.17) is 15.2 Å². The van der Waals surface area contributed by atoms with Crippen LogP contribution in [0.5, 0.6) is 5.75 Å². The van der Waals surface area contributed by atoms with Crippen molar-refractivity contribution in [2.45, 2.75) is 16.6 Å². The second-order valence-electron chi connectivity index (χ2n) is 3.94. The van der Waals surface area contributed by atoms with Gasteiger partial charge in [-0.05, 0) is 18.6 Å². The topological polar surface area (TPSA) is 78.6 Å². The van der Waals surface area contributed by atoms with Crippen LogP contribution in [0, 0.1) is 0 Å². The summed E-state index contributed by atoms with van der Waals surface area (Å²) in [5.41, 5.74) is 6.08. The van der Waals surface area contributed by atoms with Crippen LogP contribution in [-0.2, 0) is 14.6 Å². The SMILES string of the molecule is COc1cc(N)ccc1S(=O)(=O)C1CCOC1. The van der Waals surface area contributed by atoms with Gasteiger partial charge in [0.1, 0.15) is 10.6 Å². The Kier molecular flexibility index (Phi) is 3.26. The van der Waals surface area contributed by atoms with Crippen LogP contribution in [-0.4, -0.2) is 34.0 Å². The van der Waals surface area contributed by atoms with Crippen molar-refractivity contribution in [1.82, 2.24) is 0 Å². The molecule has 2 N–H and O–H groups in total. The predicted molar refractivity (Wildman–Crippen MR) is 63.8 cm³/mol. The molecule has 0 saturated carbocycles. The van der Waals surface area contributed by atoms with Crippen LogP contribution >= 0.6 is 0 Å². The van der Waals surface area contributed by atoms with E-state index in [-0.39, 0.29) is 17.3 Å². The smallest absolute Gasteiger partial charge is 0.187 e. The average Bonchev–Trinajstić information content (AvgIpc) is 2.82. The summed E-state index contributed by atoms with van der Waals surface area (Å²) in [4.78, 5) is 0.185. The van der Waals surface area contributed by atoms with Crippen LogP contribution in [0.4, 0.5) is 5.69 Å². The molecular weight excluding hydrogens is 242 g/mol. The molecule has 1 saturated heterocycles. The number of rotatable bonds is 3. The van der Waals surface area contributed by atoms with Crippen LogP contribution in [0.1, 0.15) is 6.42 Å². The van der Waals surface area contributed by atoms with Crippen LogP contribution in [0.15, 0.2) is 23.1 Å². The van der Waals surface area contributed by atoms with Crippen molar-refractivity contribution in [3.05, 3.63) is 18.2 Å². The second kappa shape index (κ2) is 4.54. The van der Waals surface area contributed by atoms with Crippen molar-refractivity contribution in [3.63, 3.8) is 0 Å². The van der Waals surface area contributed by atoms with Crippen molar-refractivity contribution < 1.29 is 17.9 Å². The molecule has 1 fully saturated rings. The Balaban J connectivity index is 2.45. The third-order valence-corrected chi connectivity index (χ3v) is 5.02. The van der Waals surface area contributed by atoms with E-state index in [2.05, 4.69) is 0 Å². The van der Waals surface area contributed by atoms with Crippen LogP contribution in [0.3, 0.4) is 0 Å². The molecule has 0 aromatic heterocycles. The zero-order valence-corrected chi connectivity index (χ0v) is 10.4. The monoisotopic (exact) mass is 257 g/mol. The molecule has 0 aliphatic carbocycles. The first kappa shape index (κ1) is 12.2. The number of anilines is 1. The highest BCUT2D eigenvalue weighted by Crippen LogP contribution is 2.31. The molecule has 1 aliphatic rings. The Bertz CT molecular complexity index is 506. The summed E-state index contributed by atoms with van der Waals surface area (Å²) in [5.74, 6) is 0.289. The molecule has 0 radical (unpaired) electrons. The Hall–Kier alpha value is -1.27. The van der Waals surface area contributed by atoms with Crippen molar-refractivity contribution in [1.29, 1.82) is 0 Å². The molecule has 1 aromatic rings. The minimum absolute atomic E-state index is 0.185. The van der Waals surface area contributed by atoms with Crippen LogP contribution < -0.4 is 10.5 Å². The average molecular weight is 257 g/mol. The molecule has 0 spiro atoms. The number of nitrogen functional groups attached to an aromatic ring is 1. The summed E-state index contributed by atoms with van der Waals surface area (Å²) in [6.45, 7) is 0.733. The zero-order valence-electron chi connectivity index (χ0n) is 9.55. The highest BCUT2D eigenvalue weighted by molar-refractivity contribution is 7.92. The van der Waals surface area contributed by atoms with Crippen LogP contribution in [0.25, 0.3) is 0 Å². The van der Waals surface area contributed by atoms with E-state index in [9.17, 15) is 8.42 Å². The number of nitrogens with two attached hydrogens (primary N) is 1. The maximum atomic E-state index is 12.3. The lowest BCUT2D eigenvalue weighted by molar-refractivity contribution is 0.198. The normalized spacial score (nSPS) is 20.4. The molecule has 1 aliphatic heterocycles. The molecule has 1 unspecified atom stereocenters. The molecule has 2 rings (SSSR count). The highest BCUT2D eigenvalue weighted by Gasteiger charge is 2.33. The van der Waals surface area contributed by atoms with Gasteiger partial charge in [-0.1, -0.05) is 0 Å². The van der Waals surface area contributed by atoms with E-state index in [1.54, 1.807) is 6.07 Å². The first-order valence-electron chi connectivity index (χ1n) is 5.31. The summed E-state index contributed by atoms with van der Waals surface area (Å²) >= 11 is 0. The molecule has 1 atom stereocenters. The lowest BCUT2D eigenvalue weighted by Gasteiger charge is -2.13. The minimum atomic E-state index is -3.40. The molecule has 5 nitrogen and oxygen atoms in total. The van der Waals surface area contributed by atoms with Gasteiger partial charge in [-0.25, -0.2) is 8.42 Å². The predicted octanol–water partition coefficient (Wildman–Crippen LogP) is 0.840. The third kappa shape index (κ3) is 2.23. The molecule has 94 valence electrons. The van der Waals surface area contributed by atoms with Gasteiger partial charge in [0.05, 0.1) is 19.0 Å². The molecule has 1 aromatic carbocycles. The van der Waals surface area contributed by atoms with Gasteiger partial charge in [-0.2, -0.15) is 0 Å². The summed E-state index contributed by atoms with van der Waals surface area (Å²) in [6, 6.07) is 4.57. The van der Waals surface area contributed by atoms with E-state index in [1.165, 1.54) is 19.2 Å². The first-order chi connectivity index (χ1) is 8.05. The fourth-order valence-corrected chi connectivity index (χ4v) is 3.58. The molecule has 0 amide bonds. The van der Waals surface area contributed by atoms with Gasteiger partial charge in [0.2, 0.25) is 0 Å². The number of hydrogen-bond acceptors (Lipinski definition) is 5. The lowest BCUT2D eigenvalue weighted by Crippen LogP contribution is -2.22. The second-order valence-corrected chi connectivity index (χ2v) is 6.14. The van der Waals surface area contributed by atoms with Crippen molar-refractivity contribution >= 4 is 15.5 Å². The summed E-state index contributed by atoms with van der Waals surface area (Å²) in [5, 5.41) is -0.486. The fourth-order valence-electron chi connectivity index (χ4n) is 1.86. The molecule has 17 heavy (non-hydrogen) atoms. The van der Waals surface area contributed by atoms with Gasteiger partial charge in [0, 0.05) is 18.4 Å². The van der Waals surface area contributed by atoms with E-state index in [1.807, 2.05) is 0 Å². The maximum Gasteiger partial charge on any atom is 0.187 e. The first-order valence-corrected chi connectivity index (χ1v) is 6.85. The van der Waals surface area contributed by atoms with Crippen molar-refractivity contribution in [3.8, 4) is 5.75 Å². The van der Waals surface area contributed by atoms with E-state index in [0.717, 1.165) is 0 Å². The van der Waals surface area contributed by atoms with Gasteiger partial charge in [0.15, 0.2) is 9.84 Å². The maximum absolute atomic E-state index is 12.3. The minimum Gasteiger partial charge on any atom is -0.495 e. The summed E-state index contributed by atoms with van der Waals surface area (Å²) < 4.78 is 34.8. The molecule has 6 heteroatoms. The largest absolute Gasteiger partial charge is 0.495 e. The Labute approximate surface area is 100 Å². The van der Waals surface area contributed by atoms with Crippen molar-refractivity contribution in [2.75, 3.05) is 26.1 Å². The highest BCUT2D eigenvalue weighted by atomic mass is 32.2. The number of sulfone groups is 1. The number of ether oxygens (including phenoxy) is 2. The number of benzene rings is 1. The summed E-state index contributed by atoms with van der Waals surface area (Å²) in [6.07, 6.45) is 0.524. The fraction of sp³-hybridized carbons (Fsp3) is 0.455. The zero-order chi connectivity index (χ0) is 12.5. The number of hydrogen-bond donors (Lipinski definition) is 1. The quantitative estimate of drug-likeness (QED) is 0.812. The van der Waals surface area contributed by atoms with Gasteiger partial charge in [-0.15, -0.1) is 0 Å². The van der Waals surface area contributed by atoms with E-state index in [0.29, 0.717) is 18.7 Å². The van der Waals surface area contributed by atoms with Gasteiger partial charge < -0.3 is 15.2 Å². The summed E-state index contributed by atoms with van der Waals surface area (Å²) in [7, 11) is -1.97. The lowest BCUT2D eigenvalue weighted by atomic mass is 10.3.